The Kier molecular flexibility index (Phi) is 1.48. The third-order valence-corrected chi connectivity index (χ3v) is 1.19. The van der Waals surface area contributed by atoms with Gasteiger partial charge >= 0.3 is 0 Å². The Morgan fingerprint density at radius 2 is 2.67 bits per heavy atom. The first-order valence-corrected chi connectivity index (χ1v) is 2.78. The molecule has 0 aliphatic carbocycles. The maximum atomic E-state index is 10.5. The van der Waals surface area contributed by atoms with Crippen LogP contribution in [-0.4, -0.2) is 29.9 Å². The van der Waals surface area contributed by atoms with Crippen molar-refractivity contribution in [1.82, 2.24) is 4.90 Å². The van der Waals surface area contributed by atoms with Gasteiger partial charge in [0.2, 0.25) is 0 Å². The molecule has 1 aliphatic rings. The Morgan fingerprint density at radius 1 is 2.00 bits per heavy atom. The molecule has 0 fully saturated rings. The number of aliphatic imine (C=N–C) groups is 1. The Labute approximate surface area is 53.3 Å². The van der Waals surface area contributed by atoms with Crippen LogP contribution >= 0.6 is 0 Å². The van der Waals surface area contributed by atoms with Gasteiger partial charge in [-0.1, -0.05) is 0 Å². The van der Waals surface area contributed by atoms with Gasteiger partial charge in [0.05, 0.1) is 12.5 Å². The normalized spacial score (nSPS) is 21.1. The van der Waals surface area contributed by atoms with Crippen molar-refractivity contribution in [2.24, 2.45) is 10.7 Å². The largest absolute Gasteiger partial charge is 0.338 e. The highest BCUT2D eigenvalue weighted by molar-refractivity contribution is 5.92. The van der Waals surface area contributed by atoms with E-state index in [9.17, 15) is 4.79 Å². The monoisotopic (exact) mass is 127 g/mol. The van der Waals surface area contributed by atoms with Crippen LogP contribution in [0.25, 0.3) is 0 Å². The molecule has 0 saturated heterocycles. The molecule has 1 rings (SSSR count). The Balaban J connectivity index is 2.50. The third-order valence-electron chi connectivity index (χ3n) is 1.19. The zero-order valence-corrected chi connectivity index (χ0v) is 5.24. The first-order chi connectivity index (χ1) is 4.20. The molecule has 0 aromatic rings. The summed E-state index contributed by atoms with van der Waals surface area (Å²) >= 11 is 0. The van der Waals surface area contributed by atoms with E-state index >= 15 is 0 Å². The summed E-state index contributed by atoms with van der Waals surface area (Å²) in [6.07, 6.45) is 1.37. The Hall–Kier alpha value is -0.900. The van der Waals surface area contributed by atoms with Crippen molar-refractivity contribution in [3.63, 3.8) is 0 Å². The summed E-state index contributed by atoms with van der Waals surface area (Å²) in [6.45, 7) is 2.14. The fourth-order valence-electron chi connectivity index (χ4n) is 0.626. The quantitative estimate of drug-likeness (QED) is 0.499. The molecule has 1 amide bonds. The fraction of sp³-hybridized carbons (Fsp3) is 0.600. The number of rotatable bonds is 1. The van der Waals surface area contributed by atoms with E-state index in [1.165, 1.54) is 6.34 Å². The van der Waals surface area contributed by atoms with Crippen LogP contribution in [0.3, 0.4) is 0 Å². The van der Waals surface area contributed by atoms with Crippen LogP contribution in [-0.2, 0) is 4.79 Å². The number of carbonyl (C=O) groups excluding carboxylic acids is 1. The predicted octanol–water partition coefficient (Wildman–Crippen LogP) is -0.838. The molecule has 9 heavy (non-hydrogen) atoms. The highest BCUT2D eigenvalue weighted by Gasteiger charge is 2.15. The van der Waals surface area contributed by atoms with Crippen LogP contribution in [0.15, 0.2) is 4.99 Å². The van der Waals surface area contributed by atoms with Crippen LogP contribution in [0.5, 0.6) is 0 Å². The van der Waals surface area contributed by atoms with E-state index < -0.39 is 0 Å². The number of amides is 1. The summed E-state index contributed by atoms with van der Waals surface area (Å²) in [7, 11) is 0. The van der Waals surface area contributed by atoms with Crippen molar-refractivity contribution in [3.05, 3.63) is 0 Å². The lowest BCUT2D eigenvalue weighted by atomic mass is 10.5. The first kappa shape index (κ1) is 6.22. The average molecular weight is 127 g/mol. The minimum Gasteiger partial charge on any atom is -0.338 e. The van der Waals surface area contributed by atoms with Gasteiger partial charge in [-0.05, 0) is 6.92 Å². The van der Waals surface area contributed by atoms with Crippen LogP contribution in [0, 0.1) is 0 Å². The topological polar surface area (TPSA) is 58.7 Å². The van der Waals surface area contributed by atoms with Crippen molar-refractivity contribution >= 4 is 12.2 Å². The summed E-state index contributed by atoms with van der Waals surface area (Å²) in [4.78, 5) is 15.7. The Bertz CT molecular complexity index is 152. The number of nitrogens with two attached hydrogens (primary N) is 1. The summed E-state index contributed by atoms with van der Waals surface area (Å²) in [6, 6.07) is 0. The van der Waals surface area contributed by atoms with Gasteiger partial charge in [0, 0.05) is 0 Å². The smallest absolute Gasteiger partial charge is 0.266 e. The molecule has 50 valence electrons. The zero-order valence-electron chi connectivity index (χ0n) is 5.24. The minimum atomic E-state index is -0.118. The summed E-state index contributed by atoms with van der Waals surface area (Å²) < 4.78 is 0. The average Bonchev–Trinajstić information content (AvgIpc) is 2.14. The molecule has 0 bridgehead atoms. The molecule has 0 radical (unpaired) electrons. The van der Waals surface area contributed by atoms with Crippen molar-refractivity contribution in [2.45, 2.75) is 13.1 Å². The molecular formula is C5H9N3O. The SMILES string of the molecule is CC(N)N1C=NC(=O)C1. The standard InChI is InChI=1S/C5H9N3O/c1-4(6)8-2-5(9)7-3-8/h3-4H,2,6H2,1H3. The maximum Gasteiger partial charge on any atom is 0.266 e. The Morgan fingerprint density at radius 3 is 2.89 bits per heavy atom. The van der Waals surface area contributed by atoms with Gasteiger partial charge in [-0.3, -0.25) is 4.79 Å². The number of nitrogens with zero attached hydrogens (tertiary/aromatic N) is 2. The van der Waals surface area contributed by atoms with Gasteiger partial charge in [0.1, 0.15) is 6.54 Å². The summed E-state index contributed by atoms with van der Waals surface area (Å²) in [5.41, 5.74) is 5.44. The molecule has 0 aromatic carbocycles. The lowest BCUT2D eigenvalue weighted by molar-refractivity contribution is -0.117. The molecule has 2 N–H and O–H groups in total. The van der Waals surface area contributed by atoms with Crippen molar-refractivity contribution in [3.8, 4) is 0 Å². The van der Waals surface area contributed by atoms with E-state index in [1.54, 1.807) is 4.90 Å². The summed E-state index contributed by atoms with van der Waals surface area (Å²) in [5.74, 6) is -0.118. The molecule has 1 heterocycles. The van der Waals surface area contributed by atoms with Gasteiger partial charge in [-0.2, -0.15) is 0 Å². The molecule has 1 aliphatic heterocycles. The molecule has 1 atom stereocenters. The van der Waals surface area contributed by atoms with E-state index in [2.05, 4.69) is 4.99 Å². The van der Waals surface area contributed by atoms with E-state index in [1.807, 2.05) is 6.92 Å². The lowest BCUT2D eigenvalue weighted by Gasteiger charge is -2.16. The second-order valence-electron chi connectivity index (χ2n) is 2.05. The van der Waals surface area contributed by atoms with Gasteiger partial charge < -0.3 is 10.6 Å². The van der Waals surface area contributed by atoms with Gasteiger partial charge in [0.25, 0.3) is 5.91 Å². The maximum absolute atomic E-state index is 10.5. The molecule has 0 aromatic heterocycles. The number of hydrogen-bond donors (Lipinski definition) is 1. The van der Waals surface area contributed by atoms with Crippen LogP contribution < -0.4 is 5.73 Å². The van der Waals surface area contributed by atoms with E-state index in [-0.39, 0.29) is 12.1 Å². The van der Waals surface area contributed by atoms with Crippen molar-refractivity contribution < 1.29 is 4.79 Å². The zero-order chi connectivity index (χ0) is 6.85. The van der Waals surface area contributed by atoms with Gasteiger partial charge in [-0.25, -0.2) is 4.99 Å². The van der Waals surface area contributed by atoms with E-state index in [0.717, 1.165) is 0 Å². The first-order valence-electron chi connectivity index (χ1n) is 2.78. The minimum absolute atomic E-state index is 0.111. The molecule has 4 heteroatoms. The van der Waals surface area contributed by atoms with Crippen molar-refractivity contribution in [1.29, 1.82) is 0 Å². The molecule has 4 nitrogen and oxygen atoms in total. The number of carbonyl (C=O) groups is 1. The second-order valence-corrected chi connectivity index (χ2v) is 2.05. The second kappa shape index (κ2) is 2.14. The van der Waals surface area contributed by atoms with Crippen molar-refractivity contribution in [2.75, 3.05) is 6.54 Å². The molecule has 1 unspecified atom stereocenters. The van der Waals surface area contributed by atoms with E-state index in [0.29, 0.717) is 6.54 Å². The lowest BCUT2D eigenvalue weighted by Crippen LogP contribution is -2.37. The highest BCUT2D eigenvalue weighted by Crippen LogP contribution is 1.96. The number of hydrogen-bond acceptors (Lipinski definition) is 3. The van der Waals surface area contributed by atoms with Crippen LogP contribution in [0.4, 0.5) is 0 Å². The van der Waals surface area contributed by atoms with E-state index in [4.69, 9.17) is 5.73 Å². The fourth-order valence-corrected chi connectivity index (χ4v) is 0.626. The highest BCUT2D eigenvalue weighted by atomic mass is 16.2. The summed E-state index contributed by atoms with van der Waals surface area (Å²) in [5, 5.41) is 0. The van der Waals surface area contributed by atoms with Crippen LogP contribution in [0.2, 0.25) is 0 Å². The van der Waals surface area contributed by atoms with Gasteiger partial charge in [0.15, 0.2) is 0 Å². The predicted molar refractivity (Wildman–Crippen MR) is 33.9 cm³/mol. The molecule has 0 saturated carbocycles. The van der Waals surface area contributed by atoms with Gasteiger partial charge in [-0.15, -0.1) is 0 Å². The molecular weight excluding hydrogens is 118 g/mol. The third kappa shape index (κ3) is 1.26. The van der Waals surface area contributed by atoms with Crippen LogP contribution in [0.1, 0.15) is 6.92 Å². The molecule has 0 spiro atoms.